The third kappa shape index (κ3) is 5.79. The van der Waals surface area contributed by atoms with Gasteiger partial charge in [-0.2, -0.15) is 0 Å². The van der Waals surface area contributed by atoms with Crippen molar-refractivity contribution in [3.8, 4) is 0 Å². The Bertz CT molecular complexity index is 936. The van der Waals surface area contributed by atoms with E-state index in [0.29, 0.717) is 11.8 Å². The molecule has 1 atom stereocenters. The van der Waals surface area contributed by atoms with Crippen molar-refractivity contribution in [1.82, 2.24) is 0 Å². The average molecular weight is 432 g/mol. The number of benzene rings is 1. The third-order valence-corrected chi connectivity index (χ3v) is 7.09. The molecule has 0 radical (unpaired) electrons. The van der Waals surface area contributed by atoms with Gasteiger partial charge in [0.25, 0.3) is 0 Å². The number of nitrogens with zero attached hydrogens (tertiary/aromatic N) is 1. The molecule has 1 aliphatic heterocycles. The van der Waals surface area contributed by atoms with Crippen LogP contribution in [0.1, 0.15) is 57.9 Å². The number of rotatable bonds is 8. The second-order valence-electron chi connectivity index (χ2n) is 9.63. The van der Waals surface area contributed by atoms with E-state index < -0.39 is 0 Å². The van der Waals surface area contributed by atoms with Gasteiger partial charge in [-0.05, 0) is 71.8 Å². The maximum atomic E-state index is 14.8. The molecule has 2 heteroatoms. The Balaban J connectivity index is 1.66. The lowest BCUT2D eigenvalue weighted by atomic mass is 9.71. The Morgan fingerprint density at radius 1 is 1.16 bits per heavy atom. The average Bonchev–Trinajstić information content (AvgIpc) is 2.80. The first-order valence-corrected chi connectivity index (χ1v) is 11.9. The first-order valence-electron chi connectivity index (χ1n) is 11.9. The number of anilines is 1. The zero-order valence-corrected chi connectivity index (χ0v) is 20.0. The van der Waals surface area contributed by atoms with Crippen LogP contribution in [0.3, 0.4) is 0 Å². The summed E-state index contributed by atoms with van der Waals surface area (Å²) < 4.78 is 14.8. The molecule has 32 heavy (non-hydrogen) atoms. The minimum Gasteiger partial charge on any atom is -0.369 e. The minimum absolute atomic E-state index is 0.0764. The second-order valence-corrected chi connectivity index (χ2v) is 9.63. The summed E-state index contributed by atoms with van der Waals surface area (Å²) in [6.45, 7) is 16.4. The molecule has 1 aromatic rings. The van der Waals surface area contributed by atoms with E-state index >= 15 is 0 Å². The van der Waals surface area contributed by atoms with Gasteiger partial charge >= 0.3 is 0 Å². The quantitative estimate of drug-likeness (QED) is 0.295. The smallest absolute Gasteiger partial charge is 0.146 e. The van der Waals surface area contributed by atoms with Gasteiger partial charge in [-0.25, -0.2) is 4.39 Å². The summed E-state index contributed by atoms with van der Waals surface area (Å²) in [7, 11) is 0. The summed E-state index contributed by atoms with van der Waals surface area (Å²) in [5.74, 6) is 0.620. The van der Waals surface area contributed by atoms with E-state index in [1.165, 1.54) is 11.1 Å². The maximum Gasteiger partial charge on any atom is 0.146 e. The third-order valence-electron chi connectivity index (χ3n) is 7.09. The van der Waals surface area contributed by atoms with Crippen LogP contribution in [0.2, 0.25) is 0 Å². The fourth-order valence-electron chi connectivity index (χ4n) is 4.84. The van der Waals surface area contributed by atoms with Gasteiger partial charge in [0.1, 0.15) is 5.82 Å². The highest BCUT2D eigenvalue weighted by molar-refractivity contribution is 5.50. The molecular weight excluding hydrogens is 393 g/mol. The summed E-state index contributed by atoms with van der Waals surface area (Å²) in [5, 5.41) is 0. The van der Waals surface area contributed by atoms with Crippen molar-refractivity contribution in [1.29, 1.82) is 0 Å². The van der Waals surface area contributed by atoms with Crippen molar-refractivity contribution in [2.24, 2.45) is 11.3 Å². The molecule has 1 aromatic carbocycles. The second kappa shape index (κ2) is 10.8. The summed E-state index contributed by atoms with van der Waals surface area (Å²) >= 11 is 0. The van der Waals surface area contributed by atoms with Gasteiger partial charge in [-0.15, -0.1) is 6.58 Å². The molecule has 0 aromatic heterocycles. The maximum absolute atomic E-state index is 14.8. The normalized spacial score (nSPS) is 20.6. The zero-order chi connectivity index (χ0) is 23.1. The number of piperidine rings is 1. The van der Waals surface area contributed by atoms with Crippen LogP contribution in [0, 0.1) is 17.2 Å². The summed E-state index contributed by atoms with van der Waals surface area (Å²) in [4.78, 5) is 2.20. The Morgan fingerprint density at radius 3 is 2.47 bits per heavy atom. The van der Waals surface area contributed by atoms with Crippen LogP contribution in [0.5, 0.6) is 0 Å². The molecule has 1 saturated heterocycles. The Labute approximate surface area is 194 Å². The van der Waals surface area contributed by atoms with Crippen molar-refractivity contribution >= 4 is 5.69 Å². The van der Waals surface area contributed by atoms with Crippen LogP contribution >= 0.6 is 0 Å². The fraction of sp³-hybridized carbons (Fsp3) is 0.400. The van der Waals surface area contributed by atoms with Gasteiger partial charge in [-0.3, -0.25) is 0 Å². The van der Waals surface area contributed by atoms with Gasteiger partial charge < -0.3 is 4.90 Å². The van der Waals surface area contributed by atoms with E-state index in [9.17, 15) is 4.39 Å². The standard InChI is InChI=1S/C30H38FN/c1-6-26(14-13-25-11-9-8-10-12-25)24(5)22-30(7-2)17-19-32(20-18-30)29-16-15-27(23(3)4)21-28(29)31/h6-11,13-16,21,23-24H,1-2,12,17-20,22H2,3-5H3/b25-13-,26-14+. The molecule has 1 fully saturated rings. The Hall–Kier alpha value is -2.61. The molecule has 0 saturated carbocycles. The van der Waals surface area contributed by atoms with Crippen molar-refractivity contribution in [2.75, 3.05) is 18.0 Å². The molecule has 170 valence electrons. The van der Waals surface area contributed by atoms with Gasteiger partial charge in [-0.1, -0.05) is 82.0 Å². The molecule has 1 unspecified atom stereocenters. The number of hydrogen-bond acceptors (Lipinski definition) is 1. The molecule has 0 bridgehead atoms. The lowest BCUT2D eigenvalue weighted by Crippen LogP contribution is -2.40. The van der Waals surface area contributed by atoms with Crippen molar-refractivity contribution in [3.63, 3.8) is 0 Å². The molecular formula is C30H38FN. The topological polar surface area (TPSA) is 3.24 Å². The van der Waals surface area contributed by atoms with Crippen LogP contribution < -0.4 is 4.90 Å². The molecule has 1 aliphatic carbocycles. The van der Waals surface area contributed by atoms with Crippen molar-refractivity contribution in [2.45, 2.75) is 52.4 Å². The van der Waals surface area contributed by atoms with Crippen LogP contribution in [0.25, 0.3) is 0 Å². The summed E-state index contributed by atoms with van der Waals surface area (Å²) in [6.07, 6.45) is 21.1. The summed E-state index contributed by atoms with van der Waals surface area (Å²) in [5.41, 5.74) is 4.44. The largest absolute Gasteiger partial charge is 0.369 e. The molecule has 0 N–H and O–H groups in total. The van der Waals surface area contributed by atoms with Gasteiger partial charge in [0.2, 0.25) is 0 Å². The molecule has 1 heterocycles. The van der Waals surface area contributed by atoms with Gasteiger partial charge in [0.15, 0.2) is 0 Å². The van der Waals surface area contributed by atoms with Crippen LogP contribution in [-0.4, -0.2) is 13.1 Å². The molecule has 0 spiro atoms. The number of hydrogen-bond donors (Lipinski definition) is 0. The number of allylic oxidation sites excluding steroid dienone is 10. The first-order chi connectivity index (χ1) is 15.4. The predicted octanol–water partition coefficient (Wildman–Crippen LogP) is 8.30. The van der Waals surface area contributed by atoms with Gasteiger partial charge in [0, 0.05) is 13.1 Å². The Morgan fingerprint density at radius 2 is 1.91 bits per heavy atom. The lowest BCUT2D eigenvalue weighted by molar-refractivity contribution is 0.246. The lowest BCUT2D eigenvalue weighted by Gasteiger charge is -2.42. The number of halogens is 1. The zero-order valence-electron chi connectivity index (χ0n) is 20.0. The van der Waals surface area contributed by atoms with E-state index in [-0.39, 0.29) is 11.2 Å². The molecule has 2 aliphatic rings. The molecule has 0 amide bonds. The Kier molecular flexibility index (Phi) is 8.12. The van der Waals surface area contributed by atoms with E-state index in [2.05, 4.69) is 87.4 Å². The van der Waals surface area contributed by atoms with E-state index in [0.717, 1.165) is 50.0 Å². The highest BCUT2D eigenvalue weighted by Gasteiger charge is 2.34. The van der Waals surface area contributed by atoms with Crippen LogP contribution in [0.4, 0.5) is 10.1 Å². The summed E-state index contributed by atoms with van der Waals surface area (Å²) in [6, 6.07) is 5.72. The van der Waals surface area contributed by atoms with Gasteiger partial charge in [0.05, 0.1) is 5.69 Å². The van der Waals surface area contributed by atoms with E-state index in [1.807, 2.05) is 12.1 Å². The van der Waals surface area contributed by atoms with Crippen LogP contribution in [0.15, 0.2) is 91.1 Å². The first kappa shape index (κ1) is 24.0. The predicted molar refractivity (Wildman–Crippen MR) is 138 cm³/mol. The SMILES string of the molecule is C=C/C(=C\C=C1\C=CC=CC1)C(C)CC1(C=C)CCN(c2ccc(C(C)C)cc2F)CC1. The van der Waals surface area contributed by atoms with E-state index in [1.54, 1.807) is 6.07 Å². The van der Waals surface area contributed by atoms with E-state index in [4.69, 9.17) is 0 Å². The van der Waals surface area contributed by atoms with Crippen LogP contribution in [-0.2, 0) is 0 Å². The fourth-order valence-corrected chi connectivity index (χ4v) is 4.84. The monoisotopic (exact) mass is 431 g/mol. The molecule has 3 rings (SSSR count). The molecule has 1 nitrogen and oxygen atoms in total. The van der Waals surface area contributed by atoms with Crippen molar-refractivity contribution in [3.05, 3.63) is 102 Å². The van der Waals surface area contributed by atoms with Crippen molar-refractivity contribution < 1.29 is 4.39 Å². The highest BCUT2D eigenvalue weighted by atomic mass is 19.1. The highest BCUT2D eigenvalue weighted by Crippen LogP contribution is 2.42. The minimum atomic E-state index is -0.104.